The third-order valence-electron chi connectivity index (χ3n) is 5.29. The van der Waals surface area contributed by atoms with Gasteiger partial charge < -0.3 is 14.4 Å². The molecular weight excluding hydrogens is 350 g/mol. The Labute approximate surface area is 167 Å². The molecule has 0 saturated carbocycles. The van der Waals surface area contributed by atoms with Gasteiger partial charge in [-0.2, -0.15) is 0 Å². The highest BCUT2D eigenvalue weighted by Gasteiger charge is 2.16. The second kappa shape index (κ2) is 9.71. The number of piperazine rings is 1. The van der Waals surface area contributed by atoms with Gasteiger partial charge in [-0.25, -0.2) is 4.99 Å². The van der Waals surface area contributed by atoms with E-state index in [1.54, 1.807) is 0 Å². The fourth-order valence-electron chi connectivity index (χ4n) is 3.69. The summed E-state index contributed by atoms with van der Waals surface area (Å²) in [6.07, 6.45) is 1.05. The van der Waals surface area contributed by atoms with Crippen LogP contribution in [0.15, 0.2) is 59.6 Å². The Balaban J connectivity index is 1.12. The average molecular weight is 380 g/mol. The third kappa shape index (κ3) is 5.33. The molecule has 0 N–H and O–H groups in total. The van der Waals surface area contributed by atoms with Crippen molar-refractivity contribution in [2.45, 2.75) is 13.0 Å². The summed E-state index contributed by atoms with van der Waals surface area (Å²) in [7, 11) is 0. The Kier molecular flexibility index (Phi) is 6.58. The van der Waals surface area contributed by atoms with E-state index in [0.717, 1.165) is 76.1 Å². The van der Waals surface area contributed by atoms with E-state index in [1.807, 2.05) is 24.3 Å². The molecule has 2 aromatic carbocycles. The van der Waals surface area contributed by atoms with E-state index in [-0.39, 0.29) is 0 Å². The van der Waals surface area contributed by atoms with Gasteiger partial charge in [-0.1, -0.05) is 30.3 Å². The second-order valence-electron chi connectivity index (χ2n) is 7.37. The lowest BCUT2D eigenvalue weighted by atomic mass is 10.2. The zero-order valence-corrected chi connectivity index (χ0v) is 16.4. The van der Waals surface area contributed by atoms with E-state index in [0.29, 0.717) is 6.61 Å². The van der Waals surface area contributed by atoms with Crippen molar-refractivity contribution in [3.05, 3.63) is 65.7 Å². The molecule has 0 bridgehead atoms. The summed E-state index contributed by atoms with van der Waals surface area (Å²) in [5, 5.41) is 0. The Morgan fingerprint density at radius 2 is 1.64 bits per heavy atom. The molecule has 0 atom stereocenters. The SMILES string of the molecule is c1ccc(CN2CCN(CCCOc3ccc(C4=NCCO4)cc3)CC2)cc1. The molecule has 0 aliphatic carbocycles. The first kappa shape index (κ1) is 19.0. The smallest absolute Gasteiger partial charge is 0.216 e. The minimum Gasteiger partial charge on any atom is -0.494 e. The van der Waals surface area contributed by atoms with Gasteiger partial charge in [0.25, 0.3) is 0 Å². The lowest BCUT2D eigenvalue weighted by Gasteiger charge is -2.34. The Bertz CT molecular complexity index is 753. The molecular formula is C23H29N3O2. The van der Waals surface area contributed by atoms with E-state index in [1.165, 1.54) is 5.56 Å². The fourth-order valence-corrected chi connectivity index (χ4v) is 3.69. The van der Waals surface area contributed by atoms with E-state index in [4.69, 9.17) is 9.47 Å². The maximum absolute atomic E-state index is 5.90. The molecule has 0 unspecified atom stereocenters. The highest BCUT2D eigenvalue weighted by atomic mass is 16.5. The minimum atomic E-state index is 0.689. The maximum atomic E-state index is 5.90. The summed E-state index contributed by atoms with van der Waals surface area (Å²) in [4.78, 5) is 9.43. The Morgan fingerprint density at radius 3 is 2.36 bits per heavy atom. The summed E-state index contributed by atoms with van der Waals surface area (Å²) in [6, 6.07) is 18.8. The highest BCUT2D eigenvalue weighted by Crippen LogP contribution is 2.15. The molecule has 28 heavy (non-hydrogen) atoms. The maximum Gasteiger partial charge on any atom is 0.216 e. The number of hydrogen-bond acceptors (Lipinski definition) is 5. The van der Waals surface area contributed by atoms with Crippen LogP contribution in [-0.2, 0) is 11.3 Å². The van der Waals surface area contributed by atoms with Gasteiger partial charge in [0, 0.05) is 44.8 Å². The molecule has 2 aromatic rings. The first-order valence-corrected chi connectivity index (χ1v) is 10.3. The quantitative estimate of drug-likeness (QED) is 0.661. The first-order chi connectivity index (χ1) is 13.9. The molecule has 2 heterocycles. The molecule has 0 radical (unpaired) electrons. The first-order valence-electron chi connectivity index (χ1n) is 10.3. The van der Waals surface area contributed by atoms with Crippen LogP contribution in [0.3, 0.4) is 0 Å². The molecule has 5 heteroatoms. The molecule has 2 aliphatic rings. The van der Waals surface area contributed by atoms with Crippen molar-refractivity contribution in [2.24, 2.45) is 4.99 Å². The van der Waals surface area contributed by atoms with E-state index in [2.05, 4.69) is 45.1 Å². The van der Waals surface area contributed by atoms with Crippen molar-refractivity contribution in [2.75, 3.05) is 52.5 Å². The topological polar surface area (TPSA) is 37.3 Å². The third-order valence-corrected chi connectivity index (χ3v) is 5.29. The van der Waals surface area contributed by atoms with E-state index >= 15 is 0 Å². The zero-order chi connectivity index (χ0) is 19.0. The van der Waals surface area contributed by atoms with Gasteiger partial charge >= 0.3 is 0 Å². The van der Waals surface area contributed by atoms with Crippen LogP contribution in [0, 0.1) is 0 Å². The molecule has 0 amide bonds. The highest BCUT2D eigenvalue weighted by molar-refractivity contribution is 5.94. The molecule has 0 spiro atoms. The van der Waals surface area contributed by atoms with Crippen molar-refractivity contribution in [3.8, 4) is 5.75 Å². The summed E-state index contributed by atoms with van der Waals surface area (Å²) >= 11 is 0. The molecule has 1 saturated heterocycles. The van der Waals surface area contributed by atoms with Crippen LogP contribution in [0.5, 0.6) is 5.75 Å². The predicted molar refractivity (Wildman–Crippen MR) is 112 cm³/mol. The van der Waals surface area contributed by atoms with Gasteiger partial charge in [0.1, 0.15) is 12.4 Å². The summed E-state index contributed by atoms with van der Waals surface area (Å²) in [6.45, 7) is 8.93. The van der Waals surface area contributed by atoms with Crippen molar-refractivity contribution in [1.82, 2.24) is 9.80 Å². The van der Waals surface area contributed by atoms with Gasteiger partial charge in [0.15, 0.2) is 0 Å². The lowest BCUT2D eigenvalue weighted by Crippen LogP contribution is -2.46. The van der Waals surface area contributed by atoms with Crippen LogP contribution in [0.4, 0.5) is 0 Å². The summed E-state index contributed by atoms with van der Waals surface area (Å²) < 4.78 is 11.4. The Hall–Kier alpha value is -2.37. The molecule has 5 nitrogen and oxygen atoms in total. The summed E-state index contributed by atoms with van der Waals surface area (Å²) in [5.74, 6) is 1.66. The van der Waals surface area contributed by atoms with Crippen LogP contribution in [0.1, 0.15) is 17.5 Å². The van der Waals surface area contributed by atoms with Gasteiger partial charge in [-0.15, -0.1) is 0 Å². The van der Waals surface area contributed by atoms with Crippen LogP contribution >= 0.6 is 0 Å². The monoisotopic (exact) mass is 379 g/mol. The number of benzene rings is 2. The summed E-state index contributed by atoms with van der Waals surface area (Å²) in [5.41, 5.74) is 2.43. The molecule has 148 valence electrons. The van der Waals surface area contributed by atoms with Crippen LogP contribution in [0.25, 0.3) is 0 Å². The standard InChI is InChI=1S/C23H29N3O2/c1-2-5-20(6-3-1)19-26-15-13-25(14-16-26)12-4-17-27-22-9-7-21(8-10-22)23-24-11-18-28-23/h1-3,5-10H,4,11-19H2. The number of aliphatic imine (C=N–C) groups is 1. The van der Waals surface area contributed by atoms with Crippen LogP contribution in [0.2, 0.25) is 0 Å². The number of hydrogen-bond donors (Lipinski definition) is 0. The van der Waals surface area contributed by atoms with Gasteiger partial charge in [0.05, 0.1) is 13.2 Å². The lowest BCUT2D eigenvalue weighted by molar-refractivity contribution is 0.121. The average Bonchev–Trinajstić information content (AvgIpc) is 3.29. The van der Waals surface area contributed by atoms with Crippen molar-refractivity contribution in [1.29, 1.82) is 0 Å². The largest absolute Gasteiger partial charge is 0.494 e. The minimum absolute atomic E-state index is 0.689. The van der Waals surface area contributed by atoms with Gasteiger partial charge in [0.2, 0.25) is 5.90 Å². The number of ether oxygens (including phenoxy) is 2. The van der Waals surface area contributed by atoms with Gasteiger partial charge in [-0.05, 0) is 36.2 Å². The van der Waals surface area contributed by atoms with E-state index < -0.39 is 0 Å². The van der Waals surface area contributed by atoms with Gasteiger partial charge in [-0.3, -0.25) is 4.90 Å². The predicted octanol–water partition coefficient (Wildman–Crippen LogP) is 3.05. The number of rotatable bonds is 8. The molecule has 2 aliphatic heterocycles. The molecule has 4 rings (SSSR count). The van der Waals surface area contributed by atoms with Crippen molar-refractivity contribution in [3.63, 3.8) is 0 Å². The second-order valence-corrected chi connectivity index (χ2v) is 7.37. The van der Waals surface area contributed by atoms with Crippen molar-refractivity contribution < 1.29 is 9.47 Å². The normalized spacial score (nSPS) is 17.9. The molecule has 0 aromatic heterocycles. The van der Waals surface area contributed by atoms with E-state index in [9.17, 15) is 0 Å². The Morgan fingerprint density at radius 1 is 0.893 bits per heavy atom. The molecule has 1 fully saturated rings. The number of nitrogens with zero attached hydrogens (tertiary/aromatic N) is 3. The van der Waals surface area contributed by atoms with Crippen LogP contribution in [-0.4, -0.2) is 68.2 Å². The van der Waals surface area contributed by atoms with Crippen LogP contribution < -0.4 is 4.74 Å². The fraction of sp³-hybridized carbons (Fsp3) is 0.435. The zero-order valence-electron chi connectivity index (χ0n) is 16.4. The van der Waals surface area contributed by atoms with Crippen molar-refractivity contribution >= 4 is 5.90 Å².